The molecule has 1 aromatic carbocycles. The van der Waals surface area contributed by atoms with E-state index in [0.717, 1.165) is 29.1 Å². The van der Waals surface area contributed by atoms with Gasteiger partial charge in [-0.15, -0.1) is 0 Å². The van der Waals surface area contributed by atoms with Gasteiger partial charge in [0, 0.05) is 18.7 Å². The molecule has 0 radical (unpaired) electrons. The Morgan fingerprint density at radius 1 is 1.29 bits per heavy atom. The summed E-state index contributed by atoms with van der Waals surface area (Å²) < 4.78 is 1.89. The predicted octanol–water partition coefficient (Wildman–Crippen LogP) is 3.01. The Hall–Kier alpha value is -2.10. The number of hydrogen-bond donors (Lipinski definition) is 1. The molecule has 1 atom stereocenters. The van der Waals surface area contributed by atoms with E-state index in [2.05, 4.69) is 5.10 Å². The molecule has 2 rings (SSSR count). The van der Waals surface area contributed by atoms with Crippen LogP contribution >= 0.6 is 0 Å². The zero-order valence-corrected chi connectivity index (χ0v) is 12.8. The molecule has 1 N–H and O–H groups in total. The van der Waals surface area contributed by atoms with Crippen molar-refractivity contribution in [1.29, 1.82) is 0 Å². The van der Waals surface area contributed by atoms with Crippen molar-refractivity contribution in [3.63, 3.8) is 0 Å². The van der Waals surface area contributed by atoms with Crippen LogP contribution in [-0.2, 0) is 24.2 Å². The van der Waals surface area contributed by atoms with Crippen LogP contribution in [0.2, 0.25) is 0 Å². The molecule has 0 aliphatic rings. The van der Waals surface area contributed by atoms with Crippen molar-refractivity contribution in [3.8, 4) is 0 Å². The van der Waals surface area contributed by atoms with E-state index in [-0.39, 0.29) is 0 Å². The fourth-order valence-electron chi connectivity index (χ4n) is 2.64. The van der Waals surface area contributed by atoms with E-state index in [1.807, 2.05) is 55.8 Å². The van der Waals surface area contributed by atoms with E-state index in [1.54, 1.807) is 0 Å². The summed E-state index contributed by atoms with van der Waals surface area (Å²) in [6.45, 7) is 6.74. The van der Waals surface area contributed by atoms with Crippen molar-refractivity contribution in [2.45, 2.75) is 40.2 Å². The van der Waals surface area contributed by atoms with Crippen molar-refractivity contribution in [2.75, 3.05) is 0 Å². The van der Waals surface area contributed by atoms with E-state index in [4.69, 9.17) is 0 Å². The fraction of sp³-hybridized carbons (Fsp3) is 0.412. The van der Waals surface area contributed by atoms with E-state index in [0.29, 0.717) is 12.8 Å². The van der Waals surface area contributed by atoms with E-state index in [9.17, 15) is 9.90 Å². The number of hydrogen-bond acceptors (Lipinski definition) is 2. The molecule has 1 heterocycles. The van der Waals surface area contributed by atoms with Crippen LogP contribution in [-0.4, -0.2) is 20.9 Å². The normalized spacial score (nSPS) is 12.3. The Morgan fingerprint density at radius 2 is 2.00 bits per heavy atom. The molecule has 0 bridgehead atoms. The summed E-state index contributed by atoms with van der Waals surface area (Å²) in [5, 5.41) is 13.9. The zero-order chi connectivity index (χ0) is 15.4. The molecule has 112 valence electrons. The fourth-order valence-corrected chi connectivity index (χ4v) is 2.64. The van der Waals surface area contributed by atoms with E-state index in [1.165, 1.54) is 0 Å². The van der Waals surface area contributed by atoms with Gasteiger partial charge in [0.05, 0.1) is 11.6 Å². The van der Waals surface area contributed by atoms with Gasteiger partial charge in [0.15, 0.2) is 0 Å². The van der Waals surface area contributed by atoms with Gasteiger partial charge in [0.2, 0.25) is 0 Å². The maximum absolute atomic E-state index is 11.6. The van der Waals surface area contributed by atoms with Gasteiger partial charge in [-0.3, -0.25) is 9.48 Å². The van der Waals surface area contributed by atoms with Gasteiger partial charge in [-0.25, -0.2) is 0 Å². The first-order chi connectivity index (χ1) is 10.0. The number of rotatable bonds is 6. The van der Waals surface area contributed by atoms with E-state index < -0.39 is 11.9 Å². The highest BCUT2D eigenvalue weighted by Gasteiger charge is 2.21. The topological polar surface area (TPSA) is 55.1 Å². The van der Waals surface area contributed by atoms with Crippen molar-refractivity contribution in [1.82, 2.24) is 9.78 Å². The number of benzene rings is 1. The smallest absolute Gasteiger partial charge is 0.307 e. The first-order valence-corrected chi connectivity index (χ1v) is 7.32. The van der Waals surface area contributed by atoms with Crippen LogP contribution in [0.25, 0.3) is 0 Å². The van der Waals surface area contributed by atoms with Gasteiger partial charge in [-0.2, -0.15) is 5.10 Å². The summed E-state index contributed by atoms with van der Waals surface area (Å²) in [6, 6.07) is 9.95. The average molecular weight is 286 g/mol. The Bertz CT molecular complexity index is 631. The molecule has 0 saturated heterocycles. The molecule has 4 heteroatoms. The lowest BCUT2D eigenvalue weighted by Gasteiger charge is -2.14. The number of carbonyl (C=O) groups is 1. The number of aliphatic carboxylic acids is 1. The van der Waals surface area contributed by atoms with Gasteiger partial charge in [-0.1, -0.05) is 24.3 Å². The van der Waals surface area contributed by atoms with Crippen LogP contribution in [0.15, 0.2) is 30.3 Å². The predicted molar refractivity (Wildman–Crippen MR) is 82.4 cm³/mol. The second kappa shape index (κ2) is 6.57. The Balaban J connectivity index is 2.20. The molecule has 0 spiro atoms. The number of nitrogens with zero attached hydrogens (tertiary/aromatic N) is 2. The maximum Gasteiger partial charge on any atom is 0.307 e. The van der Waals surface area contributed by atoms with Crippen LogP contribution in [0.3, 0.4) is 0 Å². The largest absolute Gasteiger partial charge is 0.481 e. The summed E-state index contributed by atoms with van der Waals surface area (Å²) >= 11 is 0. The van der Waals surface area contributed by atoms with Gasteiger partial charge in [0.1, 0.15) is 0 Å². The SMILES string of the molecule is CCn1nc(C)cc1CC(Cc1ccccc1C)C(=O)O. The van der Waals surface area contributed by atoms with Gasteiger partial charge < -0.3 is 5.11 Å². The molecule has 21 heavy (non-hydrogen) atoms. The highest BCUT2D eigenvalue weighted by atomic mass is 16.4. The van der Waals surface area contributed by atoms with Gasteiger partial charge >= 0.3 is 5.97 Å². The van der Waals surface area contributed by atoms with Crippen LogP contribution in [0.1, 0.15) is 29.4 Å². The monoisotopic (exact) mass is 286 g/mol. The second-order valence-corrected chi connectivity index (χ2v) is 5.46. The van der Waals surface area contributed by atoms with Crippen LogP contribution in [0.5, 0.6) is 0 Å². The van der Waals surface area contributed by atoms with Crippen molar-refractivity contribution < 1.29 is 9.90 Å². The van der Waals surface area contributed by atoms with Crippen molar-refractivity contribution >= 4 is 5.97 Å². The quantitative estimate of drug-likeness (QED) is 0.888. The summed E-state index contributed by atoms with van der Waals surface area (Å²) in [6.07, 6.45) is 1.06. The third-order valence-electron chi connectivity index (χ3n) is 3.82. The third kappa shape index (κ3) is 3.72. The summed E-state index contributed by atoms with van der Waals surface area (Å²) in [7, 11) is 0. The summed E-state index contributed by atoms with van der Waals surface area (Å²) in [5.74, 6) is -1.17. The van der Waals surface area contributed by atoms with E-state index >= 15 is 0 Å². The number of aromatic nitrogens is 2. The van der Waals surface area contributed by atoms with Crippen molar-refractivity contribution in [3.05, 3.63) is 52.8 Å². The molecule has 0 aliphatic carbocycles. The molecule has 0 fully saturated rings. The maximum atomic E-state index is 11.6. The number of carboxylic acid groups (broad SMARTS) is 1. The minimum atomic E-state index is -0.750. The molecule has 4 nitrogen and oxygen atoms in total. The lowest BCUT2D eigenvalue weighted by molar-refractivity contribution is -0.141. The molecule has 0 saturated carbocycles. The molecular formula is C17H22N2O2. The zero-order valence-electron chi connectivity index (χ0n) is 12.8. The van der Waals surface area contributed by atoms with Crippen LogP contribution < -0.4 is 0 Å². The van der Waals surface area contributed by atoms with Crippen LogP contribution in [0.4, 0.5) is 0 Å². The van der Waals surface area contributed by atoms with Crippen LogP contribution in [0, 0.1) is 19.8 Å². The first-order valence-electron chi connectivity index (χ1n) is 7.32. The minimum Gasteiger partial charge on any atom is -0.481 e. The lowest BCUT2D eigenvalue weighted by Crippen LogP contribution is -2.21. The summed E-state index contributed by atoms with van der Waals surface area (Å²) in [4.78, 5) is 11.6. The highest BCUT2D eigenvalue weighted by molar-refractivity contribution is 5.70. The molecular weight excluding hydrogens is 264 g/mol. The molecule has 0 aliphatic heterocycles. The Labute approximate surface area is 125 Å². The third-order valence-corrected chi connectivity index (χ3v) is 3.82. The molecule has 0 amide bonds. The molecule has 1 aromatic heterocycles. The summed E-state index contributed by atoms with van der Waals surface area (Å²) in [5.41, 5.74) is 4.18. The lowest BCUT2D eigenvalue weighted by atomic mass is 9.92. The van der Waals surface area contributed by atoms with Crippen molar-refractivity contribution in [2.24, 2.45) is 5.92 Å². The highest BCUT2D eigenvalue weighted by Crippen LogP contribution is 2.18. The Kier molecular flexibility index (Phi) is 4.78. The second-order valence-electron chi connectivity index (χ2n) is 5.46. The first kappa shape index (κ1) is 15.3. The number of carboxylic acids is 1. The minimum absolute atomic E-state index is 0.424. The average Bonchev–Trinajstić information content (AvgIpc) is 2.80. The Morgan fingerprint density at radius 3 is 2.62 bits per heavy atom. The van der Waals surface area contributed by atoms with Gasteiger partial charge in [0.25, 0.3) is 0 Å². The number of aryl methyl sites for hydroxylation is 3. The standard InChI is InChI=1S/C17H22N2O2/c1-4-19-16(9-13(3)18-19)11-15(17(20)21)10-14-8-6-5-7-12(14)2/h5-9,15H,4,10-11H2,1-3H3,(H,20,21). The van der Waals surface area contributed by atoms with Gasteiger partial charge in [-0.05, 0) is 44.4 Å². The molecule has 2 aromatic rings. The molecule has 1 unspecified atom stereocenters.